The van der Waals surface area contributed by atoms with E-state index in [-0.39, 0.29) is 11.7 Å². The third-order valence-electron chi connectivity index (χ3n) is 2.45. The quantitative estimate of drug-likeness (QED) is 0.683. The fourth-order valence-corrected chi connectivity index (χ4v) is 1.76. The summed E-state index contributed by atoms with van der Waals surface area (Å²) in [7, 11) is 0. The van der Waals surface area contributed by atoms with Crippen LogP contribution in [0, 0.1) is 6.92 Å². The number of carbonyl (C=O) groups excluding carboxylic acids is 2. The van der Waals surface area contributed by atoms with Crippen LogP contribution in [0.1, 0.15) is 28.4 Å². The predicted molar refractivity (Wildman–Crippen MR) is 53.5 cm³/mol. The Balaban J connectivity index is 2.55. The number of hydrogen-bond donors (Lipinski definition) is 1. The summed E-state index contributed by atoms with van der Waals surface area (Å²) in [6.45, 7) is 3.42. The minimum Gasteiger partial charge on any atom is -0.326 e. The highest BCUT2D eigenvalue weighted by atomic mass is 16.1. The second-order valence-electron chi connectivity index (χ2n) is 3.61. The predicted octanol–water partition coefficient (Wildman–Crippen LogP) is 1.69. The van der Waals surface area contributed by atoms with Crippen LogP contribution in [0.5, 0.6) is 0 Å². The Bertz CT molecular complexity index is 435. The van der Waals surface area contributed by atoms with E-state index in [1.807, 2.05) is 19.1 Å². The summed E-state index contributed by atoms with van der Waals surface area (Å²) in [5, 5.41) is 2.75. The molecule has 0 aromatic heterocycles. The first kappa shape index (κ1) is 8.94. The van der Waals surface area contributed by atoms with Crippen molar-refractivity contribution in [2.24, 2.45) is 0 Å². The van der Waals surface area contributed by atoms with Gasteiger partial charge in [0.2, 0.25) is 5.91 Å². The Morgan fingerprint density at radius 2 is 2.14 bits per heavy atom. The van der Waals surface area contributed by atoms with Crippen molar-refractivity contribution in [3.05, 3.63) is 28.8 Å². The van der Waals surface area contributed by atoms with Crippen LogP contribution in [-0.4, -0.2) is 11.7 Å². The molecule has 0 fully saturated rings. The summed E-state index contributed by atoms with van der Waals surface area (Å²) in [6, 6.07) is 3.67. The monoisotopic (exact) mass is 189 g/mol. The first-order valence-corrected chi connectivity index (χ1v) is 4.52. The van der Waals surface area contributed by atoms with Gasteiger partial charge >= 0.3 is 0 Å². The van der Waals surface area contributed by atoms with Gasteiger partial charge in [-0.3, -0.25) is 9.59 Å². The average molecular weight is 189 g/mol. The highest BCUT2D eigenvalue weighted by molar-refractivity contribution is 6.02. The van der Waals surface area contributed by atoms with Gasteiger partial charge < -0.3 is 5.32 Å². The molecule has 14 heavy (non-hydrogen) atoms. The normalized spacial score (nSPS) is 13.7. The molecule has 0 atom stereocenters. The molecule has 1 amide bonds. The summed E-state index contributed by atoms with van der Waals surface area (Å²) in [6.07, 6.45) is 0.385. The van der Waals surface area contributed by atoms with Crippen molar-refractivity contribution in [3.8, 4) is 0 Å². The minimum absolute atomic E-state index is 0.0000945. The second kappa shape index (κ2) is 2.94. The first-order valence-electron chi connectivity index (χ1n) is 4.52. The number of Topliss-reactive ketones (excluding diaryl/α,β-unsaturated/α-hetero) is 1. The molecule has 1 heterocycles. The summed E-state index contributed by atoms with van der Waals surface area (Å²) in [5.41, 5.74) is 3.39. The van der Waals surface area contributed by atoms with Crippen molar-refractivity contribution >= 4 is 17.4 Å². The molecule has 0 bridgehead atoms. The number of rotatable bonds is 1. The Kier molecular flexibility index (Phi) is 1.88. The van der Waals surface area contributed by atoms with Gasteiger partial charge in [0, 0.05) is 11.3 Å². The van der Waals surface area contributed by atoms with Gasteiger partial charge in [-0.05, 0) is 37.1 Å². The molecular formula is C11H11NO2. The van der Waals surface area contributed by atoms with E-state index in [0.717, 1.165) is 16.8 Å². The van der Waals surface area contributed by atoms with Crippen LogP contribution in [0.2, 0.25) is 0 Å². The Morgan fingerprint density at radius 1 is 1.43 bits per heavy atom. The van der Waals surface area contributed by atoms with E-state index in [9.17, 15) is 9.59 Å². The number of carbonyl (C=O) groups is 2. The molecule has 1 N–H and O–H groups in total. The van der Waals surface area contributed by atoms with Gasteiger partial charge in [0.25, 0.3) is 0 Å². The van der Waals surface area contributed by atoms with Gasteiger partial charge in [0.05, 0.1) is 6.42 Å². The second-order valence-corrected chi connectivity index (χ2v) is 3.61. The van der Waals surface area contributed by atoms with E-state index in [1.54, 1.807) is 6.92 Å². The number of amides is 1. The smallest absolute Gasteiger partial charge is 0.228 e. The Labute approximate surface area is 82.1 Å². The van der Waals surface area contributed by atoms with E-state index >= 15 is 0 Å². The number of ketones is 1. The molecule has 0 saturated heterocycles. The lowest BCUT2D eigenvalue weighted by molar-refractivity contribution is -0.115. The standard InChI is InChI=1S/C11H11NO2/c1-6-3-10-8(5-11(14)12-10)4-9(6)7(2)13/h3-4H,5H2,1-2H3,(H,12,14). The molecule has 0 unspecified atom stereocenters. The lowest BCUT2D eigenvalue weighted by Gasteiger charge is -2.05. The molecule has 1 aliphatic rings. The summed E-state index contributed by atoms with van der Waals surface area (Å²) in [4.78, 5) is 22.3. The van der Waals surface area contributed by atoms with E-state index in [2.05, 4.69) is 5.32 Å². The first-order chi connectivity index (χ1) is 6.58. The van der Waals surface area contributed by atoms with Gasteiger partial charge in [-0.2, -0.15) is 0 Å². The van der Waals surface area contributed by atoms with Crippen molar-refractivity contribution in [2.45, 2.75) is 20.3 Å². The zero-order valence-electron chi connectivity index (χ0n) is 8.18. The van der Waals surface area contributed by atoms with Gasteiger partial charge in [-0.15, -0.1) is 0 Å². The van der Waals surface area contributed by atoms with Crippen LogP contribution in [-0.2, 0) is 11.2 Å². The van der Waals surface area contributed by atoms with Gasteiger partial charge in [0.1, 0.15) is 0 Å². The van der Waals surface area contributed by atoms with Crippen molar-refractivity contribution in [3.63, 3.8) is 0 Å². The molecule has 0 spiro atoms. The van der Waals surface area contributed by atoms with Gasteiger partial charge in [-0.25, -0.2) is 0 Å². The minimum atomic E-state index is 0.0000945. The fraction of sp³-hybridized carbons (Fsp3) is 0.273. The lowest BCUT2D eigenvalue weighted by Crippen LogP contribution is -2.03. The third kappa shape index (κ3) is 1.31. The molecular weight excluding hydrogens is 178 g/mol. The number of hydrogen-bond acceptors (Lipinski definition) is 2. The number of aryl methyl sites for hydroxylation is 1. The summed E-state index contributed by atoms with van der Waals surface area (Å²) < 4.78 is 0. The molecule has 0 radical (unpaired) electrons. The highest BCUT2D eigenvalue weighted by Crippen LogP contribution is 2.26. The van der Waals surface area contributed by atoms with Crippen LogP contribution in [0.15, 0.2) is 12.1 Å². The molecule has 3 nitrogen and oxygen atoms in total. The van der Waals surface area contributed by atoms with E-state index in [4.69, 9.17) is 0 Å². The Hall–Kier alpha value is -1.64. The molecule has 2 rings (SSSR count). The summed E-state index contributed by atoms with van der Waals surface area (Å²) in [5.74, 6) is 0.0461. The zero-order valence-corrected chi connectivity index (χ0v) is 8.18. The topological polar surface area (TPSA) is 46.2 Å². The van der Waals surface area contributed by atoms with Crippen molar-refractivity contribution in [1.29, 1.82) is 0 Å². The largest absolute Gasteiger partial charge is 0.326 e. The molecule has 1 aromatic carbocycles. The van der Waals surface area contributed by atoms with E-state index in [0.29, 0.717) is 12.0 Å². The maximum atomic E-state index is 11.2. The maximum Gasteiger partial charge on any atom is 0.228 e. The molecule has 0 aliphatic carbocycles. The van der Waals surface area contributed by atoms with E-state index < -0.39 is 0 Å². The van der Waals surface area contributed by atoms with Gasteiger partial charge in [0.15, 0.2) is 5.78 Å². The molecule has 1 aliphatic heterocycles. The number of anilines is 1. The lowest BCUT2D eigenvalue weighted by atomic mass is 10.0. The van der Waals surface area contributed by atoms with Crippen molar-refractivity contribution < 1.29 is 9.59 Å². The van der Waals surface area contributed by atoms with Crippen LogP contribution < -0.4 is 5.32 Å². The number of fused-ring (bicyclic) bond motifs is 1. The molecule has 0 saturated carbocycles. The molecule has 72 valence electrons. The molecule has 3 heteroatoms. The van der Waals surface area contributed by atoms with Crippen LogP contribution in [0.4, 0.5) is 5.69 Å². The fourth-order valence-electron chi connectivity index (χ4n) is 1.76. The average Bonchev–Trinajstić information content (AvgIpc) is 2.42. The highest BCUT2D eigenvalue weighted by Gasteiger charge is 2.19. The van der Waals surface area contributed by atoms with Crippen molar-refractivity contribution in [2.75, 3.05) is 5.32 Å². The zero-order chi connectivity index (χ0) is 10.3. The maximum absolute atomic E-state index is 11.2. The van der Waals surface area contributed by atoms with E-state index in [1.165, 1.54) is 0 Å². The van der Waals surface area contributed by atoms with Crippen molar-refractivity contribution in [1.82, 2.24) is 0 Å². The number of nitrogens with one attached hydrogen (secondary N) is 1. The van der Waals surface area contributed by atoms with Crippen LogP contribution in [0.3, 0.4) is 0 Å². The molecule has 1 aromatic rings. The summed E-state index contributed by atoms with van der Waals surface area (Å²) >= 11 is 0. The number of benzene rings is 1. The SMILES string of the molecule is CC(=O)c1cc2c(cc1C)NC(=O)C2. The van der Waals surface area contributed by atoms with Crippen LogP contribution in [0.25, 0.3) is 0 Å². The van der Waals surface area contributed by atoms with Crippen LogP contribution >= 0.6 is 0 Å². The Morgan fingerprint density at radius 3 is 2.79 bits per heavy atom. The third-order valence-corrected chi connectivity index (χ3v) is 2.45. The van der Waals surface area contributed by atoms with Gasteiger partial charge in [-0.1, -0.05) is 0 Å².